The molecule has 0 aliphatic heterocycles. The molecule has 1 amide bonds. The molecule has 0 unspecified atom stereocenters. The Kier molecular flexibility index (Phi) is 4.79. The Balaban J connectivity index is 1.69. The summed E-state index contributed by atoms with van der Waals surface area (Å²) in [6, 6.07) is 15.1. The van der Waals surface area contributed by atoms with E-state index in [1.807, 2.05) is 66.9 Å². The van der Waals surface area contributed by atoms with Crippen molar-refractivity contribution in [2.24, 2.45) is 0 Å². The number of rotatable bonds is 5. The van der Waals surface area contributed by atoms with Crippen molar-refractivity contribution < 1.29 is 9.53 Å². The van der Waals surface area contributed by atoms with Crippen LogP contribution in [0.15, 0.2) is 54.9 Å². The van der Waals surface area contributed by atoms with Crippen LogP contribution in [-0.2, 0) is 4.79 Å². The second-order valence-corrected chi connectivity index (χ2v) is 5.86. The SMILES string of the molecule is Cc1cccc(O[C@@H](C)C(=O)Nc2cccc(-n3cnnc3C)c2)c1. The molecule has 25 heavy (non-hydrogen) atoms. The number of hydrogen-bond acceptors (Lipinski definition) is 4. The van der Waals surface area contributed by atoms with Gasteiger partial charge in [-0.25, -0.2) is 0 Å². The van der Waals surface area contributed by atoms with Gasteiger partial charge in [0, 0.05) is 5.69 Å². The molecule has 6 nitrogen and oxygen atoms in total. The van der Waals surface area contributed by atoms with Crippen LogP contribution in [0.1, 0.15) is 18.3 Å². The Bertz CT molecular complexity index is 888. The molecule has 1 aromatic heterocycles. The lowest BCUT2D eigenvalue weighted by atomic mass is 10.2. The maximum atomic E-state index is 12.4. The number of hydrogen-bond donors (Lipinski definition) is 1. The molecule has 3 aromatic rings. The van der Waals surface area contributed by atoms with E-state index < -0.39 is 6.10 Å². The molecule has 128 valence electrons. The number of amides is 1. The van der Waals surface area contributed by atoms with Gasteiger partial charge in [0.05, 0.1) is 5.69 Å². The molecular weight excluding hydrogens is 316 g/mol. The number of anilines is 1. The van der Waals surface area contributed by atoms with Crippen LogP contribution in [0.4, 0.5) is 5.69 Å². The molecule has 0 saturated heterocycles. The number of ether oxygens (including phenoxy) is 1. The van der Waals surface area contributed by atoms with Gasteiger partial charge in [0.2, 0.25) is 0 Å². The third kappa shape index (κ3) is 4.03. The fourth-order valence-corrected chi connectivity index (χ4v) is 2.47. The zero-order valence-electron chi connectivity index (χ0n) is 14.4. The average molecular weight is 336 g/mol. The van der Waals surface area contributed by atoms with Gasteiger partial charge in [0.1, 0.15) is 17.9 Å². The zero-order valence-corrected chi connectivity index (χ0v) is 14.4. The van der Waals surface area contributed by atoms with Gasteiger partial charge < -0.3 is 10.1 Å². The molecule has 1 atom stereocenters. The lowest BCUT2D eigenvalue weighted by Gasteiger charge is -2.15. The van der Waals surface area contributed by atoms with E-state index in [1.54, 1.807) is 13.3 Å². The second kappa shape index (κ2) is 7.17. The molecule has 6 heteroatoms. The summed E-state index contributed by atoms with van der Waals surface area (Å²) >= 11 is 0. The Morgan fingerprint density at radius 3 is 2.68 bits per heavy atom. The third-order valence-corrected chi connectivity index (χ3v) is 3.78. The van der Waals surface area contributed by atoms with Crippen molar-refractivity contribution in [3.63, 3.8) is 0 Å². The molecule has 0 spiro atoms. The summed E-state index contributed by atoms with van der Waals surface area (Å²) in [6.07, 6.45) is 1.03. The van der Waals surface area contributed by atoms with Gasteiger partial charge in [-0.05, 0) is 56.7 Å². The molecule has 1 N–H and O–H groups in total. The summed E-state index contributed by atoms with van der Waals surface area (Å²) in [5, 5.41) is 10.7. The van der Waals surface area contributed by atoms with E-state index in [9.17, 15) is 4.79 Å². The summed E-state index contributed by atoms with van der Waals surface area (Å²) in [5.74, 6) is 1.25. The number of carbonyl (C=O) groups excluding carboxylic acids is 1. The van der Waals surface area contributed by atoms with E-state index in [0.717, 1.165) is 17.1 Å². The highest BCUT2D eigenvalue weighted by molar-refractivity contribution is 5.94. The Morgan fingerprint density at radius 1 is 1.16 bits per heavy atom. The monoisotopic (exact) mass is 336 g/mol. The second-order valence-electron chi connectivity index (χ2n) is 5.86. The van der Waals surface area contributed by atoms with Gasteiger partial charge in [0.25, 0.3) is 5.91 Å². The highest BCUT2D eigenvalue weighted by atomic mass is 16.5. The molecule has 3 rings (SSSR count). The number of nitrogens with zero attached hydrogens (tertiary/aromatic N) is 3. The van der Waals surface area contributed by atoms with E-state index in [1.165, 1.54) is 0 Å². The number of benzene rings is 2. The van der Waals surface area contributed by atoms with Crippen molar-refractivity contribution >= 4 is 11.6 Å². The van der Waals surface area contributed by atoms with Gasteiger partial charge in [-0.3, -0.25) is 9.36 Å². The highest BCUT2D eigenvalue weighted by Crippen LogP contribution is 2.17. The first-order valence-corrected chi connectivity index (χ1v) is 8.04. The van der Waals surface area contributed by atoms with Gasteiger partial charge in [-0.2, -0.15) is 0 Å². The van der Waals surface area contributed by atoms with Gasteiger partial charge >= 0.3 is 0 Å². The maximum Gasteiger partial charge on any atom is 0.265 e. The van der Waals surface area contributed by atoms with Crippen LogP contribution in [0, 0.1) is 13.8 Å². The highest BCUT2D eigenvalue weighted by Gasteiger charge is 2.15. The standard InChI is InChI=1S/C19H20N4O2/c1-13-6-4-9-18(10-13)25-14(2)19(24)21-16-7-5-8-17(11-16)23-12-20-22-15(23)3/h4-12,14H,1-3H3,(H,21,24)/t14-/m0/s1. The smallest absolute Gasteiger partial charge is 0.265 e. The fourth-order valence-electron chi connectivity index (χ4n) is 2.47. The number of aromatic nitrogens is 3. The van der Waals surface area contributed by atoms with Crippen molar-refractivity contribution in [2.45, 2.75) is 26.9 Å². The van der Waals surface area contributed by atoms with E-state index in [2.05, 4.69) is 15.5 Å². The van der Waals surface area contributed by atoms with Gasteiger partial charge in [-0.1, -0.05) is 18.2 Å². The first-order chi connectivity index (χ1) is 12.0. The van der Waals surface area contributed by atoms with Crippen LogP contribution < -0.4 is 10.1 Å². The topological polar surface area (TPSA) is 69.0 Å². The van der Waals surface area contributed by atoms with E-state index in [-0.39, 0.29) is 5.91 Å². The van der Waals surface area contributed by atoms with Gasteiger partial charge in [-0.15, -0.1) is 10.2 Å². The first-order valence-electron chi connectivity index (χ1n) is 8.04. The first kappa shape index (κ1) is 16.7. The molecule has 0 aliphatic carbocycles. The molecular formula is C19H20N4O2. The number of carbonyl (C=O) groups is 1. The van der Waals surface area contributed by atoms with E-state index in [0.29, 0.717) is 11.4 Å². The summed E-state index contributed by atoms with van der Waals surface area (Å²) in [7, 11) is 0. The summed E-state index contributed by atoms with van der Waals surface area (Å²) in [6.45, 7) is 5.58. The normalized spacial score (nSPS) is 11.8. The average Bonchev–Trinajstić information content (AvgIpc) is 3.01. The van der Waals surface area contributed by atoms with Crippen molar-refractivity contribution in [1.29, 1.82) is 0 Å². The molecule has 0 radical (unpaired) electrons. The van der Waals surface area contributed by atoms with Crippen molar-refractivity contribution in [3.05, 3.63) is 66.2 Å². The lowest BCUT2D eigenvalue weighted by Crippen LogP contribution is -2.30. The van der Waals surface area contributed by atoms with Crippen LogP contribution in [0.2, 0.25) is 0 Å². The minimum Gasteiger partial charge on any atom is -0.481 e. The maximum absolute atomic E-state index is 12.4. The molecule has 0 bridgehead atoms. The third-order valence-electron chi connectivity index (χ3n) is 3.78. The molecule has 0 saturated carbocycles. The van der Waals surface area contributed by atoms with Crippen LogP contribution in [-0.4, -0.2) is 26.8 Å². The number of nitrogens with one attached hydrogen (secondary N) is 1. The predicted molar refractivity (Wildman–Crippen MR) is 96.0 cm³/mol. The van der Waals surface area contributed by atoms with Crippen LogP contribution >= 0.6 is 0 Å². The zero-order chi connectivity index (χ0) is 17.8. The van der Waals surface area contributed by atoms with E-state index >= 15 is 0 Å². The van der Waals surface area contributed by atoms with Crippen molar-refractivity contribution in [1.82, 2.24) is 14.8 Å². The number of aryl methyl sites for hydroxylation is 2. The molecule has 2 aromatic carbocycles. The summed E-state index contributed by atoms with van der Waals surface area (Å²) < 4.78 is 7.56. The molecule has 0 aliphatic rings. The minimum absolute atomic E-state index is 0.209. The van der Waals surface area contributed by atoms with E-state index in [4.69, 9.17) is 4.74 Å². The Labute approximate surface area is 146 Å². The lowest BCUT2D eigenvalue weighted by molar-refractivity contribution is -0.122. The Hall–Kier alpha value is -3.15. The Morgan fingerprint density at radius 2 is 1.96 bits per heavy atom. The van der Waals surface area contributed by atoms with Crippen molar-refractivity contribution in [2.75, 3.05) is 5.32 Å². The molecule has 1 heterocycles. The summed E-state index contributed by atoms with van der Waals surface area (Å²) in [5.41, 5.74) is 2.66. The predicted octanol–water partition coefficient (Wildman–Crippen LogP) is 3.29. The van der Waals surface area contributed by atoms with Crippen LogP contribution in [0.5, 0.6) is 5.75 Å². The quantitative estimate of drug-likeness (QED) is 0.776. The summed E-state index contributed by atoms with van der Waals surface area (Å²) in [4.78, 5) is 12.4. The fraction of sp³-hybridized carbons (Fsp3) is 0.211. The van der Waals surface area contributed by atoms with Crippen molar-refractivity contribution in [3.8, 4) is 11.4 Å². The van der Waals surface area contributed by atoms with Gasteiger partial charge in [0.15, 0.2) is 6.10 Å². The van der Waals surface area contributed by atoms with Crippen LogP contribution in [0.3, 0.4) is 0 Å². The molecule has 0 fully saturated rings. The van der Waals surface area contributed by atoms with Crippen LogP contribution in [0.25, 0.3) is 5.69 Å². The largest absolute Gasteiger partial charge is 0.481 e. The minimum atomic E-state index is -0.609.